The van der Waals surface area contributed by atoms with Crippen molar-refractivity contribution in [2.45, 2.75) is 0 Å². The van der Waals surface area contributed by atoms with E-state index in [-0.39, 0.29) is 5.96 Å². The first-order chi connectivity index (χ1) is 15.1. The second-order valence-corrected chi connectivity index (χ2v) is 6.84. The lowest BCUT2D eigenvalue weighted by Gasteiger charge is -2.25. The van der Waals surface area contributed by atoms with Gasteiger partial charge in [-0.25, -0.2) is 4.39 Å². The van der Waals surface area contributed by atoms with Crippen LogP contribution in [0.25, 0.3) is 0 Å². The van der Waals surface area contributed by atoms with Crippen molar-refractivity contribution >= 4 is 17.6 Å². The molecule has 2 aromatic rings. The van der Waals surface area contributed by atoms with E-state index in [4.69, 9.17) is 14.2 Å². The van der Waals surface area contributed by atoms with Crippen molar-refractivity contribution < 1.29 is 23.4 Å². The minimum Gasteiger partial charge on any atom is -0.493 e. The van der Waals surface area contributed by atoms with Gasteiger partial charge in [0.15, 0.2) is 11.5 Å². The summed E-state index contributed by atoms with van der Waals surface area (Å²) < 4.78 is 29.1. The molecular formula is C22H27FN4O4. The highest BCUT2D eigenvalue weighted by Gasteiger charge is 2.13. The molecule has 0 atom stereocenters. The number of hydrogen-bond donors (Lipinski definition) is 2. The average Bonchev–Trinajstić information content (AvgIpc) is 2.80. The van der Waals surface area contributed by atoms with Crippen molar-refractivity contribution in [3.05, 3.63) is 53.8 Å². The fourth-order valence-corrected chi connectivity index (χ4v) is 3.07. The fourth-order valence-electron chi connectivity index (χ4n) is 3.07. The van der Waals surface area contributed by atoms with Crippen LogP contribution in [-0.4, -0.2) is 70.4 Å². The number of methoxy groups -OCH3 is 2. The Hall–Kier alpha value is -3.17. The number of ether oxygens (including phenoxy) is 3. The van der Waals surface area contributed by atoms with Gasteiger partial charge in [0.05, 0.1) is 34.0 Å². The van der Waals surface area contributed by atoms with E-state index in [2.05, 4.69) is 20.5 Å². The van der Waals surface area contributed by atoms with E-state index in [9.17, 15) is 9.18 Å². The SMILES string of the molecule is COc1ccc(NC(=NCCN2CCOCC2)NC(=O)c2ccc(F)cc2)cc1OC. The van der Waals surface area contributed by atoms with Crippen LogP contribution in [0, 0.1) is 5.82 Å². The molecule has 0 unspecified atom stereocenters. The first kappa shape index (κ1) is 22.5. The average molecular weight is 430 g/mol. The largest absolute Gasteiger partial charge is 0.493 e. The van der Waals surface area contributed by atoms with Crippen molar-refractivity contribution in [1.82, 2.24) is 10.2 Å². The van der Waals surface area contributed by atoms with E-state index in [0.29, 0.717) is 42.5 Å². The van der Waals surface area contributed by atoms with Crippen molar-refractivity contribution in [3.8, 4) is 11.5 Å². The van der Waals surface area contributed by atoms with Crippen molar-refractivity contribution in [1.29, 1.82) is 0 Å². The third-order valence-corrected chi connectivity index (χ3v) is 4.77. The Bertz CT molecular complexity index is 899. The number of carbonyl (C=O) groups excluding carboxylic acids is 1. The molecule has 2 N–H and O–H groups in total. The Balaban J connectivity index is 1.73. The predicted octanol–water partition coefficient (Wildman–Crippen LogP) is 2.37. The van der Waals surface area contributed by atoms with Gasteiger partial charge in [-0.3, -0.25) is 20.0 Å². The topological polar surface area (TPSA) is 84.4 Å². The number of rotatable bonds is 7. The third kappa shape index (κ3) is 6.66. The molecule has 3 rings (SSSR count). The van der Waals surface area contributed by atoms with Crippen molar-refractivity contribution in [2.75, 3.05) is 58.9 Å². The second-order valence-electron chi connectivity index (χ2n) is 6.84. The fraction of sp³-hybridized carbons (Fsp3) is 0.364. The summed E-state index contributed by atoms with van der Waals surface area (Å²) >= 11 is 0. The van der Waals surface area contributed by atoms with E-state index < -0.39 is 11.7 Å². The second kappa shape index (κ2) is 11.3. The van der Waals surface area contributed by atoms with Gasteiger partial charge in [-0.05, 0) is 36.4 Å². The molecule has 1 aliphatic rings. The molecule has 166 valence electrons. The standard InChI is InChI=1S/C22H27FN4O4/c1-29-19-8-7-18(15-20(19)30-2)25-22(24-9-10-27-11-13-31-14-12-27)26-21(28)16-3-5-17(23)6-4-16/h3-8,15H,9-14H2,1-2H3,(H2,24,25,26,28). The summed E-state index contributed by atoms with van der Waals surface area (Å²) in [4.78, 5) is 19.4. The lowest BCUT2D eigenvalue weighted by Crippen LogP contribution is -2.39. The summed E-state index contributed by atoms with van der Waals surface area (Å²) in [6.07, 6.45) is 0. The van der Waals surface area contributed by atoms with Crippen LogP contribution in [0.15, 0.2) is 47.5 Å². The number of benzene rings is 2. The summed E-state index contributed by atoms with van der Waals surface area (Å²) in [6.45, 7) is 4.36. The van der Waals surface area contributed by atoms with Crippen LogP contribution in [0.3, 0.4) is 0 Å². The molecule has 0 saturated carbocycles. The van der Waals surface area contributed by atoms with Crippen LogP contribution in [0.2, 0.25) is 0 Å². The summed E-state index contributed by atoms with van der Waals surface area (Å²) in [5.41, 5.74) is 0.999. The summed E-state index contributed by atoms with van der Waals surface area (Å²) in [5, 5.41) is 5.89. The van der Waals surface area contributed by atoms with Gasteiger partial charge in [0.2, 0.25) is 5.96 Å². The molecule has 1 aliphatic heterocycles. The molecule has 0 aliphatic carbocycles. The third-order valence-electron chi connectivity index (χ3n) is 4.77. The molecule has 0 aromatic heterocycles. The molecule has 1 fully saturated rings. The molecule has 0 radical (unpaired) electrons. The summed E-state index contributed by atoms with van der Waals surface area (Å²) in [5.74, 6) is 0.631. The van der Waals surface area contributed by atoms with Crippen LogP contribution in [0.4, 0.5) is 10.1 Å². The first-order valence-corrected chi connectivity index (χ1v) is 9.99. The van der Waals surface area contributed by atoms with Gasteiger partial charge in [-0.2, -0.15) is 0 Å². The molecule has 1 amide bonds. The van der Waals surface area contributed by atoms with Gasteiger partial charge in [-0.1, -0.05) is 0 Å². The smallest absolute Gasteiger partial charge is 0.257 e. The van der Waals surface area contributed by atoms with Gasteiger partial charge in [0.25, 0.3) is 5.91 Å². The zero-order valence-corrected chi connectivity index (χ0v) is 17.7. The Morgan fingerprint density at radius 1 is 1.10 bits per heavy atom. The van der Waals surface area contributed by atoms with Gasteiger partial charge < -0.3 is 19.5 Å². The quantitative estimate of drug-likeness (QED) is 0.518. The zero-order valence-electron chi connectivity index (χ0n) is 17.7. The molecule has 2 aromatic carbocycles. The van der Waals surface area contributed by atoms with Crippen LogP contribution in [-0.2, 0) is 4.74 Å². The maximum Gasteiger partial charge on any atom is 0.257 e. The number of nitrogens with one attached hydrogen (secondary N) is 2. The highest BCUT2D eigenvalue weighted by molar-refractivity contribution is 6.10. The van der Waals surface area contributed by atoms with Gasteiger partial charge in [0, 0.05) is 37.0 Å². The first-order valence-electron chi connectivity index (χ1n) is 9.99. The Kier molecular flexibility index (Phi) is 8.19. The number of anilines is 1. The van der Waals surface area contributed by atoms with Crippen LogP contribution < -0.4 is 20.1 Å². The monoisotopic (exact) mass is 430 g/mol. The van der Waals surface area contributed by atoms with Crippen LogP contribution >= 0.6 is 0 Å². The van der Waals surface area contributed by atoms with Crippen LogP contribution in [0.1, 0.15) is 10.4 Å². The molecule has 31 heavy (non-hydrogen) atoms. The molecule has 0 spiro atoms. The zero-order chi connectivity index (χ0) is 22.1. The lowest BCUT2D eigenvalue weighted by atomic mass is 10.2. The molecular weight excluding hydrogens is 403 g/mol. The van der Waals surface area contributed by atoms with E-state index in [0.717, 1.165) is 19.6 Å². The number of aliphatic imine (C=N–C) groups is 1. The number of nitrogens with zero attached hydrogens (tertiary/aromatic N) is 2. The number of amides is 1. The van der Waals surface area contributed by atoms with E-state index in [1.165, 1.54) is 24.3 Å². The lowest BCUT2D eigenvalue weighted by molar-refractivity contribution is 0.0394. The highest BCUT2D eigenvalue weighted by Crippen LogP contribution is 2.29. The van der Waals surface area contributed by atoms with Crippen LogP contribution in [0.5, 0.6) is 11.5 Å². The number of halogens is 1. The van der Waals surface area contributed by atoms with Gasteiger partial charge in [0.1, 0.15) is 5.82 Å². The number of carbonyl (C=O) groups is 1. The van der Waals surface area contributed by atoms with Gasteiger partial charge in [-0.15, -0.1) is 0 Å². The summed E-state index contributed by atoms with van der Waals surface area (Å²) in [6, 6.07) is 10.6. The molecule has 8 nitrogen and oxygen atoms in total. The van der Waals surface area contributed by atoms with Crippen molar-refractivity contribution in [3.63, 3.8) is 0 Å². The maximum absolute atomic E-state index is 13.2. The number of guanidine groups is 1. The number of morpholine rings is 1. The molecule has 1 saturated heterocycles. The summed E-state index contributed by atoms with van der Waals surface area (Å²) in [7, 11) is 3.11. The molecule has 9 heteroatoms. The minimum atomic E-state index is -0.403. The number of hydrogen-bond acceptors (Lipinski definition) is 6. The van der Waals surface area contributed by atoms with E-state index in [1.54, 1.807) is 32.4 Å². The highest BCUT2D eigenvalue weighted by atomic mass is 19.1. The van der Waals surface area contributed by atoms with E-state index >= 15 is 0 Å². The maximum atomic E-state index is 13.2. The Morgan fingerprint density at radius 2 is 1.81 bits per heavy atom. The molecule has 1 heterocycles. The predicted molar refractivity (Wildman–Crippen MR) is 117 cm³/mol. The van der Waals surface area contributed by atoms with Crippen molar-refractivity contribution in [2.24, 2.45) is 4.99 Å². The van der Waals surface area contributed by atoms with Gasteiger partial charge >= 0.3 is 0 Å². The normalized spacial score (nSPS) is 14.7. The molecule has 0 bridgehead atoms. The Labute approximate surface area is 181 Å². The van der Waals surface area contributed by atoms with E-state index in [1.807, 2.05) is 0 Å². The minimum absolute atomic E-state index is 0.287. The Morgan fingerprint density at radius 3 is 2.48 bits per heavy atom.